The van der Waals surface area contributed by atoms with Crippen molar-refractivity contribution in [2.45, 2.75) is 20.1 Å². The second kappa shape index (κ2) is 8.56. The molecule has 5 nitrogen and oxygen atoms in total. The van der Waals surface area contributed by atoms with Crippen molar-refractivity contribution in [1.82, 2.24) is 0 Å². The van der Waals surface area contributed by atoms with Crippen molar-refractivity contribution < 1.29 is 9.66 Å². The summed E-state index contributed by atoms with van der Waals surface area (Å²) in [7, 11) is 0. The van der Waals surface area contributed by atoms with Gasteiger partial charge in [0.1, 0.15) is 12.4 Å². The summed E-state index contributed by atoms with van der Waals surface area (Å²) in [6.07, 6.45) is 0. The van der Waals surface area contributed by atoms with Crippen LogP contribution in [-0.4, -0.2) is 4.92 Å². The summed E-state index contributed by atoms with van der Waals surface area (Å²) in [6, 6.07) is 20.0. The lowest BCUT2D eigenvalue weighted by atomic mass is 10.2. The lowest BCUT2D eigenvalue weighted by Gasteiger charge is -2.10. The predicted molar refractivity (Wildman–Crippen MR) is 107 cm³/mol. The van der Waals surface area contributed by atoms with Gasteiger partial charge in [-0.05, 0) is 60.0 Å². The average molecular weight is 383 g/mol. The van der Waals surface area contributed by atoms with Crippen LogP contribution in [0.3, 0.4) is 0 Å². The highest BCUT2D eigenvalue weighted by Gasteiger charge is 2.05. The summed E-state index contributed by atoms with van der Waals surface area (Å²) < 4.78 is 5.80. The number of ether oxygens (including phenoxy) is 1. The highest BCUT2D eigenvalue weighted by molar-refractivity contribution is 6.31. The number of hydrogen-bond acceptors (Lipinski definition) is 4. The van der Waals surface area contributed by atoms with Crippen molar-refractivity contribution in [2.24, 2.45) is 0 Å². The monoisotopic (exact) mass is 382 g/mol. The molecule has 0 aliphatic rings. The van der Waals surface area contributed by atoms with E-state index in [0.29, 0.717) is 13.2 Å². The highest BCUT2D eigenvalue weighted by Crippen LogP contribution is 2.21. The van der Waals surface area contributed by atoms with Crippen LogP contribution in [0.5, 0.6) is 5.75 Å². The normalized spacial score (nSPS) is 10.4. The highest BCUT2D eigenvalue weighted by atomic mass is 35.5. The van der Waals surface area contributed by atoms with E-state index in [9.17, 15) is 10.1 Å². The van der Waals surface area contributed by atoms with Gasteiger partial charge in [-0.1, -0.05) is 29.8 Å². The van der Waals surface area contributed by atoms with Gasteiger partial charge in [-0.25, -0.2) is 0 Å². The molecule has 3 rings (SSSR count). The van der Waals surface area contributed by atoms with E-state index in [1.54, 1.807) is 12.1 Å². The molecular formula is C21H19ClN2O3. The molecule has 6 heteroatoms. The molecule has 0 unspecified atom stereocenters. The maximum absolute atomic E-state index is 10.7. The number of nitro benzene ring substituents is 1. The maximum Gasteiger partial charge on any atom is 0.269 e. The summed E-state index contributed by atoms with van der Waals surface area (Å²) in [5.74, 6) is 0.745. The molecule has 0 saturated carbocycles. The largest absolute Gasteiger partial charge is 0.489 e. The number of benzene rings is 3. The Morgan fingerprint density at radius 3 is 2.52 bits per heavy atom. The molecule has 0 fully saturated rings. The van der Waals surface area contributed by atoms with E-state index in [4.69, 9.17) is 16.3 Å². The van der Waals surface area contributed by atoms with Crippen molar-refractivity contribution in [3.05, 3.63) is 98.6 Å². The first-order valence-electron chi connectivity index (χ1n) is 8.46. The molecule has 0 radical (unpaired) electrons. The van der Waals surface area contributed by atoms with E-state index >= 15 is 0 Å². The Bertz CT molecular complexity index is 942. The van der Waals surface area contributed by atoms with Gasteiger partial charge >= 0.3 is 0 Å². The van der Waals surface area contributed by atoms with Crippen molar-refractivity contribution >= 4 is 23.0 Å². The van der Waals surface area contributed by atoms with Gasteiger partial charge in [0.15, 0.2) is 0 Å². The van der Waals surface area contributed by atoms with E-state index < -0.39 is 4.92 Å². The lowest BCUT2D eigenvalue weighted by Crippen LogP contribution is -2.01. The predicted octanol–water partition coefficient (Wildman–Crippen LogP) is 5.75. The zero-order chi connectivity index (χ0) is 19.2. The minimum atomic E-state index is -0.414. The van der Waals surface area contributed by atoms with Gasteiger partial charge in [0.25, 0.3) is 5.69 Å². The second-order valence-electron chi connectivity index (χ2n) is 6.18. The zero-order valence-electron chi connectivity index (χ0n) is 14.8. The minimum absolute atomic E-state index is 0.0723. The number of nitrogens with one attached hydrogen (secondary N) is 1. The van der Waals surface area contributed by atoms with Crippen LogP contribution in [0.15, 0.2) is 66.7 Å². The van der Waals surface area contributed by atoms with Gasteiger partial charge in [-0.2, -0.15) is 0 Å². The van der Waals surface area contributed by atoms with Crippen LogP contribution in [0.1, 0.15) is 16.7 Å². The van der Waals surface area contributed by atoms with Gasteiger partial charge < -0.3 is 10.1 Å². The van der Waals surface area contributed by atoms with Crippen molar-refractivity contribution in [3.63, 3.8) is 0 Å². The van der Waals surface area contributed by atoms with Crippen LogP contribution in [0, 0.1) is 17.0 Å². The van der Waals surface area contributed by atoms with Crippen molar-refractivity contribution in [3.8, 4) is 5.75 Å². The fraction of sp³-hybridized carbons (Fsp3) is 0.143. The topological polar surface area (TPSA) is 64.4 Å². The lowest BCUT2D eigenvalue weighted by molar-refractivity contribution is -0.384. The third-order valence-corrected chi connectivity index (χ3v) is 4.53. The van der Waals surface area contributed by atoms with Crippen LogP contribution >= 0.6 is 11.6 Å². The zero-order valence-corrected chi connectivity index (χ0v) is 15.6. The first kappa shape index (κ1) is 18.7. The molecule has 0 spiro atoms. The van der Waals surface area contributed by atoms with Gasteiger partial charge in [-0.15, -0.1) is 0 Å². The third-order valence-electron chi connectivity index (χ3n) is 4.12. The second-order valence-corrected chi connectivity index (χ2v) is 6.58. The molecule has 3 aromatic rings. The number of non-ortho nitro benzene ring substituents is 1. The Hall–Kier alpha value is -3.05. The van der Waals surface area contributed by atoms with Crippen molar-refractivity contribution in [2.75, 3.05) is 5.32 Å². The first-order valence-corrected chi connectivity index (χ1v) is 8.84. The van der Waals surface area contributed by atoms with Crippen LogP contribution in [0.25, 0.3) is 0 Å². The van der Waals surface area contributed by atoms with Crippen LogP contribution in [-0.2, 0) is 13.2 Å². The van der Waals surface area contributed by atoms with Gasteiger partial charge in [0.05, 0.1) is 4.92 Å². The minimum Gasteiger partial charge on any atom is -0.489 e. The Labute approximate surface area is 162 Å². The summed E-state index contributed by atoms with van der Waals surface area (Å²) in [5.41, 5.74) is 4.03. The van der Waals surface area contributed by atoms with E-state index in [1.165, 1.54) is 12.1 Å². The van der Waals surface area contributed by atoms with Crippen molar-refractivity contribution in [1.29, 1.82) is 0 Å². The Kier molecular flexibility index (Phi) is 5.94. The average Bonchev–Trinajstić information content (AvgIpc) is 2.68. The van der Waals surface area contributed by atoms with E-state index in [2.05, 4.69) is 5.32 Å². The van der Waals surface area contributed by atoms with Gasteiger partial charge in [0.2, 0.25) is 0 Å². The molecular weight excluding hydrogens is 364 g/mol. The molecule has 0 aliphatic heterocycles. The Morgan fingerprint density at radius 1 is 1.04 bits per heavy atom. The molecule has 0 saturated heterocycles. The van der Waals surface area contributed by atoms with E-state index in [1.807, 2.05) is 49.4 Å². The molecule has 0 aliphatic carbocycles. The molecule has 138 valence electrons. The fourth-order valence-electron chi connectivity index (χ4n) is 2.53. The number of nitro groups is 1. The smallest absolute Gasteiger partial charge is 0.269 e. The van der Waals surface area contributed by atoms with E-state index in [0.717, 1.165) is 33.1 Å². The Balaban J connectivity index is 1.58. The third kappa shape index (κ3) is 5.21. The maximum atomic E-state index is 10.7. The number of rotatable bonds is 7. The SMILES string of the molecule is Cc1ccc(NCc2cccc(OCc3ccc([N+](=O)[O-])cc3)c2)cc1Cl. The number of nitrogens with zero attached hydrogens (tertiary/aromatic N) is 1. The number of anilines is 1. The first-order chi connectivity index (χ1) is 13.0. The summed E-state index contributed by atoms with van der Waals surface area (Å²) in [5, 5.41) is 14.8. The molecule has 0 aromatic heterocycles. The molecule has 27 heavy (non-hydrogen) atoms. The summed E-state index contributed by atoms with van der Waals surface area (Å²) in [4.78, 5) is 10.3. The summed E-state index contributed by atoms with van der Waals surface area (Å²) >= 11 is 6.15. The molecule has 0 amide bonds. The van der Waals surface area contributed by atoms with Crippen LogP contribution in [0.2, 0.25) is 5.02 Å². The van der Waals surface area contributed by atoms with E-state index in [-0.39, 0.29) is 5.69 Å². The number of hydrogen-bond donors (Lipinski definition) is 1. The van der Waals surface area contributed by atoms with Crippen LogP contribution < -0.4 is 10.1 Å². The molecule has 0 heterocycles. The number of aryl methyl sites for hydroxylation is 1. The molecule has 3 aromatic carbocycles. The Morgan fingerprint density at radius 2 is 1.81 bits per heavy atom. The fourth-order valence-corrected chi connectivity index (χ4v) is 2.71. The number of halogens is 1. The summed E-state index contributed by atoms with van der Waals surface area (Å²) in [6.45, 7) is 2.97. The van der Waals surface area contributed by atoms with Gasteiger partial charge in [0, 0.05) is 29.4 Å². The van der Waals surface area contributed by atoms with Crippen LogP contribution in [0.4, 0.5) is 11.4 Å². The standard InChI is InChI=1S/C21H19ClN2O3/c1-15-5-8-18(12-21(15)22)23-13-17-3-2-4-20(11-17)27-14-16-6-9-19(10-7-16)24(25)26/h2-12,23H,13-14H2,1H3. The molecule has 0 atom stereocenters. The molecule has 0 bridgehead atoms. The van der Waals surface area contributed by atoms with Gasteiger partial charge in [-0.3, -0.25) is 10.1 Å². The quantitative estimate of drug-likeness (QED) is 0.417. The molecule has 1 N–H and O–H groups in total.